The van der Waals surface area contributed by atoms with E-state index in [1.807, 2.05) is 0 Å². The Morgan fingerprint density at radius 1 is 1.19 bits per heavy atom. The van der Waals surface area contributed by atoms with Crippen LogP contribution in [0.15, 0.2) is 24.3 Å². The Balaban J connectivity index is 1.77. The zero-order chi connectivity index (χ0) is 15.2. The lowest BCUT2D eigenvalue weighted by Gasteiger charge is -2.28. The van der Waals surface area contributed by atoms with Crippen molar-refractivity contribution in [2.75, 3.05) is 5.32 Å². The number of anilines is 1. The van der Waals surface area contributed by atoms with E-state index >= 15 is 0 Å². The zero-order valence-electron chi connectivity index (χ0n) is 11.6. The van der Waals surface area contributed by atoms with E-state index in [2.05, 4.69) is 10.6 Å². The molecule has 3 N–H and O–H groups in total. The summed E-state index contributed by atoms with van der Waals surface area (Å²) in [6.07, 6.45) is 3.52. The summed E-state index contributed by atoms with van der Waals surface area (Å²) >= 11 is 5.98. The second-order valence-corrected chi connectivity index (χ2v) is 5.80. The average molecular weight is 311 g/mol. The molecule has 0 aliphatic heterocycles. The molecule has 0 saturated heterocycles. The number of halogens is 1. The van der Waals surface area contributed by atoms with E-state index in [-0.39, 0.29) is 24.4 Å². The Labute approximate surface area is 128 Å². The van der Waals surface area contributed by atoms with Gasteiger partial charge in [0, 0.05) is 12.5 Å². The number of amides is 2. The van der Waals surface area contributed by atoms with Gasteiger partial charge in [0.1, 0.15) is 0 Å². The van der Waals surface area contributed by atoms with Crippen molar-refractivity contribution in [1.82, 2.24) is 5.32 Å². The number of carboxylic acid groups (broad SMARTS) is 1. The summed E-state index contributed by atoms with van der Waals surface area (Å²) in [4.78, 5) is 22.6. The highest BCUT2D eigenvalue weighted by Gasteiger charge is 2.24. The maximum absolute atomic E-state index is 11.9. The Bertz CT molecular complexity index is 513. The number of hydrogen-bond acceptors (Lipinski definition) is 2. The zero-order valence-corrected chi connectivity index (χ0v) is 12.4. The molecular weight excluding hydrogens is 292 g/mol. The second kappa shape index (κ2) is 7.31. The maximum atomic E-state index is 11.9. The maximum Gasteiger partial charge on any atom is 0.319 e. The van der Waals surface area contributed by atoms with Crippen molar-refractivity contribution in [3.63, 3.8) is 0 Å². The van der Waals surface area contributed by atoms with Crippen LogP contribution in [0, 0.1) is 5.92 Å². The first kappa shape index (κ1) is 15.6. The fourth-order valence-electron chi connectivity index (χ4n) is 2.66. The average Bonchev–Trinajstić information content (AvgIpc) is 2.43. The molecule has 21 heavy (non-hydrogen) atoms. The normalized spacial score (nSPS) is 21.6. The molecule has 1 aromatic carbocycles. The SMILES string of the molecule is O=C(O)CC1CCC(NC(=O)Nc2ccccc2Cl)CC1. The fourth-order valence-corrected chi connectivity index (χ4v) is 2.85. The minimum absolute atomic E-state index is 0.0949. The van der Waals surface area contributed by atoms with Crippen molar-refractivity contribution in [3.05, 3.63) is 29.3 Å². The summed E-state index contributed by atoms with van der Waals surface area (Å²) in [6.45, 7) is 0. The predicted molar refractivity (Wildman–Crippen MR) is 81.6 cm³/mol. The van der Waals surface area contributed by atoms with Crippen LogP contribution in [0.4, 0.5) is 10.5 Å². The highest BCUT2D eigenvalue weighted by atomic mass is 35.5. The summed E-state index contributed by atoms with van der Waals surface area (Å²) in [6, 6.07) is 6.88. The molecule has 0 bridgehead atoms. The Kier molecular flexibility index (Phi) is 5.44. The molecule has 6 heteroatoms. The standard InChI is InChI=1S/C15H19ClN2O3/c16-12-3-1-2-4-13(12)18-15(21)17-11-7-5-10(6-8-11)9-14(19)20/h1-4,10-11H,5-9H2,(H,19,20)(H2,17,18,21). The lowest BCUT2D eigenvalue weighted by molar-refractivity contribution is -0.138. The third kappa shape index (κ3) is 4.93. The molecule has 0 unspecified atom stereocenters. The van der Waals surface area contributed by atoms with Crippen LogP contribution in [0.3, 0.4) is 0 Å². The van der Waals surface area contributed by atoms with Gasteiger partial charge < -0.3 is 15.7 Å². The van der Waals surface area contributed by atoms with Crippen LogP contribution >= 0.6 is 11.6 Å². The smallest absolute Gasteiger partial charge is 0.319 e. The second-order valence-electron chi connectivity index (χ2n) is 5.39. The summed E-state index contributed by atoms with van der Waals surface area (Å²) in [5.74, 6) is -0.518. The molecule has 0 aromatic heterocycles. The molecule has 1 aliphatic rings. The van der Waals surface area contributed by atoms with Gasteiger partial charge in [0.25, 0.3) is 0 Å². The predicted octanol–water partition coefficient (Wildman–Crippen LogP) is 3.50. The van der Waals surface area contributed by atoms with Crippen LogP contribution in [0.25, 0.3) is 0 Å². The van der Waals surface area contributed by atoms with Gasteiger partial charge in [-0.15, -0.1) is 0 Å². The van der Waals surface area contributed by atoms with Crippen LogP contribution in [0.1, 0.15) is 32.1 Å². The summed E-state index contributed by atoms with van der Waals surface area (Å²) in [5, 5.41) is 14.9. The molecule has 5 nitrogen and oxygen atoms in total. The van der Waals surface area contributed by atoms with Crippen LogP contribution in [0.2, 0.25) is 5.02 Å². The molecular formula is C15H19ClN2O3. The number of carboxylic acids is 1. The number of carbonyl (C=O) groups is 2. The minimum Gasteiger partial charge on any atom is -0.481 e. The van der Waals surface area contributed by atoms with E-state index in [0.29, 0.717) is 10.7 Å². The number of rotatable bonds is 4. The number of nitrogens with one attached hydrogen (secondary N) is 2. The summed E-state index contributed by atoms with van der Waals surface area (Å²) < 4.78 is 0. The monoisotopic (exact) mass is 310 g/mol. The molecule has 2 rings (SSSR count). The number of para-hydroxylation sites is 1. The molecule has 114 valence electrons. The van der Waals surface area contributed by atoms with E-state index in [1.165, 1.54) is 0 Å². The first-order valence-electron chi connectivity index (χ1n) is 7.08. The fraction of sp³-hybridized carbons (Fsp3) is 0.467. The number of urea groups is 1. The summed E-state index contributed by atoms with van der Waals surface area (Å²) in [7, 11) is 0. The third-order valence-corrected chi connectivity index (χ3v) is 4.10. The van der Waals surface area contributed by atoms with Gasteiger partial charge in [-0.3, -0.25) is 4.79 Å². The topological polar surface area (TPSA) is 78.4 Å². The molecule has 2 amide bonds. The van der Waals surface area contributed by atoms with Crippen LogP contribution in [0.5, 0.6) is 0 Å². The summed E-state index contributed by atoms with van der Waals surface area (Å²) in [5.41, 5.74) is 0.580. The van der Waals surface area contributed by atoms with E-state index in [4.69, 9.17) is 16.7 Å². The Hall–Kier alpha value is -1.75. The van der Waals surface area contributed by atoms with Crippen molar-refractivity contribution in [2.45, 2.75) is 38.1 Å². The quantitative estimate of drug-likeness (QED) is 0.796. The molecule has 1 aromatic rings. The van der Waals surface area contributed by atoms with Gasteiger partial charge in [-0.1, -0.05) is 23.7 Å². The third-order valence-electron chi connectivity index (χ3n) is 3.77. The van der Waals surface area contributed by atoms with Crippen molar-refractivity contribution < 1.29 is 14.7 Å². The molecule has 1 saturated carbocycles. The van der Waals surface area contributed by atoms with Crippen LogP contribution < -0.4 is 10.6 Å². The van der Waals surface area contributed by atoms with Crippen molar-refractivity contribution in [3.8, 4) is 0 Å². The first-order valence-corrected chi connectivity index (χ1v) is 7.46. The lowest BCUT2D eigenvalue weighted by atomic mass is 9.84. The number of benzene rings is 1. The largest absolute Gasteiger partial charge is 0.481 e. The van der Waals surface area contributed by atoms with E-state index in [1.54, 1.807) is 24.3 Å². The number of hydrogen-bond donors (Lipinski definition) is 3. The van der Waals surface area contributed by atoms with Gasteiger partial charge in [0.15, 0.2) is 0 Å². The van der Waals surface area contributed by atoms with Gasteiger partial charge in [0.2, 0.25) is 0 Å². The molecule has 0 spiro atoms. The lowest BCUT2D eigenvalue weighted by Crippen LogP contribution is -2.40. The molecule has 1 aliphatic carbocycles. The molecule has 0 atom stereocenters. The van der Waals surface area contributed by atoms with Gasteiger partial charge in [0.05, 0.1) is 10.7 Å². The van der Waals surface area contributed by atoms with Gasteiger partial charge in [-0.05, 0) is 43.7 Å². The van der Waals surface area contributed by atoms with Crippen LogP contribution in [-0.4, -0.2) is 23.1 Å². The van der Waals surface area contributed by atoms with E-state index in [0.717, 1.165) is 25.7 Å². The highest BCUT2D eigenvalue weighted by molar-refractivity contribution is 6.33. The van der Waals surface area contributed by atoms with Gasteiger partial charge >= 0.3 is 12.0 Å². The molecule has 0 radical (unpaired) electrons. The molecule has 0 heterocycles. The highest BCUT2D eigenvalue weighted by Crippen LogP contribution is 2.27. The Morgan fingerprint density at radius 3 is 2.48 bits per heavy atom. The van der Waals surface area contributed by atoms with Gasteiger partial charge in [-0.25, -0.2) is 4.79 Å². The van der Waals surface area contributed by atoms with Crippen molar-refractivity contribution in [1.29, 1.82) is 0 Å². The van der Waals surface area contributed by atoms with E-state index < -0.39 is 5.97 Å². The van der Waals surface area contributed by atoms with Crippen LogP contribution in [-0.2, 0) is 4.79 Å². The van der Waals surface area contributed by atoms with Crippen molar-refractivity contribution in [2.24, 2.45) is 5.92 Å². The number of carbonyl (C=O) groups excluding carboxylic acids is 1. The van der Waals surface area contributed by atoms with E-state index in [9.17, 15) is 9.59 Å². The van der Waals surface area contributed by atoms with Gasteiger partial charge in [-0.2, -0.15) is 0 Å². The first-order chi connectivity index (χ1) is 10.0. The van der Waals surface area contributed by atoms with Crippen molar-refractivity contribution >= 4 is 29.3 Å². The molecule has 1 fully saturated rings. The minimum atomic E-state index is -0.747. The number of aliphatic carboxylic acids is 1. The Morgan fingerprint density at radius 2 is 1.86 bits per heavy atom.